The van der Waals surface area contributed by atoms with Crippen molar-refractivity contribution in [2.45, 2.75) is 13.8 Å². The fraction of sp³-hybridized carbons (Fsp3) is 0.391. The van der Waals surface area contributed by atoms with Crippen molar-refractivity contribution in [2.24, 2.45) is 0 Å². The van der Waals surface area contributed by atoms with E-state index in [9.17, 15) is 9.59 Å². The minimum Gasteiger partial charge on any atom is -0.496 e. The summed E-state index contributed by atoms with van der Waals surface area (Å²) in [5.74, 6) is 0.221. The number of hydrogen-bond acceptors (Lipinski definition) is 5. The monoisotopic (exact) mass is 411 g/mol. The van der Waals surface area contributed by atoms with Crippen molar-refractivity contribution in [3.05, 3.63) is 53.6 Å². The number of aryl methyl sites for hydroxylation is 1. The van der Waals surface area contributed by atoms with Crippen LogP contribution in [-0.2, 0) is 9.53 Å². The van der Waals surface area contributed by atoms with Gasteiger partial charge in [0, 0.05) is 36.6 Å². The molecule has 0 atom stereocenters. The summed E-state index contributed by atoms with van der Waals surface area (Å²) in [4.78, 5) is 29.1. The maximum absolute atomic E-state index is 12.8. The Bertz CT molecular complexity index is 877. The molecule has 2 amide bonds. The minimum atomic E-state index is -0.233. The van der Waals surface area contributed by atoms with Gasteiger partial charge in [-0.3, -0.25) is 9.59 Å². The molecule has 2 aromatic rings. The summed E-state index contributed by atoms with van der Waals surface area (Å²) in [5, 5.41) is 2.87. The molecule has 1 aliphatic rings. The van der Waals surface area contributed by atoms with Gasteiger partial charge in [-0.05, 0) is 55.8 Å². The van der Waals surface area contributed by atoms with Gasteiger partial charge in [-0.15, -0.1) is 0 Å². The summed E-state index contributed by atoms with van der Waals surface area (Å²) in [5.41, 5.74) is 3.27. The number of carbonyl (C=O) groups is 2. The largest absolute Gasteiger partial charge is 0.496 e. The quantitative estimate of drug-likeness (QED) is 0.759. The van der Waals surface area contributed by atoms with E-state index in [0.29, 0.717) is 23.5 Å². The van der Waals surface area contributed by atoms with Crippen LogP contribution < -0.4 is 15.0 Å². The van der Waals surface area contributed by atoms with Gasteiger partial charge in [0.15, 0.2) is 0 Å². The maximum Gasteiger partial charge on any atom is 0.254 e. The predicted octanol–water partition coefficient (Wildman–Crippen LogP) is 2.94. The topological polar surface area (TPSA) is 71.1 Å². The smallest absolute Gasteiger partial charge is 0.254 e. The van der Waals surface area contributed by atoms with E-state index >= 15 is 0 Å². The SMILES string of the molecule is CCN(CC(=O)Nc1ccc(N2CCOCC2)cc1)C(=O)c1ccc(C)c(OC)c1. The number of hydrogen-bond donors (Lipinski definition) is 1. The first-order valence-corrected chi connectivity index (χ1v) is 10.2. The molecule has 7 heteroatoms. The standard InChI is InChI=1S/C23H29N3O4/c1-4-25(23(28)18-6-5-17(2)21(15-18)29-3)16-22(27)24-19-7-9-20(10-8-19)26-11-13-30-14-12-26/h5-10,15H,4,11-14,16H2,1-3H3,(H,24,27). The van der Waals surface area contributed by atoms with Gasteiger partial charge < -0.3 is 24.6 Å². The fourth-order valence-corrected chi connectivity index (χ4v) is 3.41. The highest BCUT2D eigenvalue weighted by Crippen LogP contribution is 2.21. The van der Waals surface area contributed by atoms with Gasteiger partial charge >= 0.3 is 0 Å². The van der Waals surface area contributed by atoms with Crippen LogP contribution in [0.3, 0.4) is 0 Å². The van der Waals surface area contributed by atoms with E-state index in [1.807, 2.05) is 44.2 Å². The molecule has 2 aromatic carbocycles. The number of nitrogens with zero attached hydrogens (tertiary/aromatic N) is 2. The van der Waals surface area contributed by atoms with Crippen molar-refractivity contribution in [3.8, 4) is 5.75 Å². The third-order valence-electron chi connectivity index (χ3n) is 5.19. The van der Waals surface area contributed by atoms with Crippen molar-refractivity contribution in [3.63, 3.8) is 0 Å². The third kappa shape index (κ3) is 5.30. The first-order valence-electron chi connectivity index (χ1n) is 10.2. The Labute approximate surface area is 177 Å². The van der Waals surface area contributed by atoms with Crippen molar-refractivity contribution < 1.29 is 19.1 Å². The molecule has 160 valence electrons. The van der Waals surface area contributed by atoms with E-state index in [4.69, 9.17) is 9.47 Å². The number of ether oxygens (including phenoxy) is 2. The number of anilines is 2. The molecular weight excluding hydrogens is 382 g/mol. The molecule has 0 saturated carbocycles. The van der Waals surface area contributed by atoms with Crippen molar-refractivity contribution >= 4 is 23.2 Å². The fourth-order valence-electron chi connectivity index (χ4n) is 3.41. The van der Waals surface area contributed by atoms with Gasteiger partial charge in [0.05, 0.1) is 20.3 Å². The van der Waals surface area contributed by atoms with Gasteiger partial charge in [0.2, 0.25) is 5.91 Å². The lowest BCUT2D eigenvalue weighted by molar-refractivity contribution is -0.116. The van der Waals surface area contributed by atoms with E-state index in [2.05, 4.69) is 10.2 Å². The zero-order valence-corrected chi connectivity index (χ0v) is 17.8. The minimum absolute atomic E-state index is 0.0171. The molecule has 7 nitrogen and oxygen atoms in total. The van der Waals surface area contributed by atoms with Crippen LogP contribution >= 0.6 is 0 Å². The maximum atomic E-state index is 12.8. The van der Waals surface area contributed by atoms with Crippen molar-refractivity contribution in [2.75, 3.05) is 56.7 Å². The number of rotatable bonds is 7. The second kappa shape index (κ2) is 10.1. The number of likely N-dealkylation sites (N-methyl/N-ethyl adjacent to an activating group) is 1. The van der Waals surface area contributed by atoms with Crippen LogP contribution in [-0.4, -0.2) is 63.2 Å². The van der Waals surface area contributed by atoms with E-state index in [0.717, 1.165) is 37.6 Å². The summed E-state index contributed by atoms with van der Waals surface area (Å²) in [6, 6.07) is 13.0. The second-order valence-corrected chi connectivity index (χ2v) is 7.20. The molecule has 1 heterocycles. The van der Waals surface area contributed by atoms with Crippen LogP contribution in [0.1, 0.15) is 22.8 Å². The molecule has 30 heavy (non-hydrogen) atoms. The van der Waals surface area contributed by atoms with Crippen LogP contribution in [0.2, 0.25) is 0 Å². The number of morpholine rings is 1. The highest BCUT2D eigenvalue weighted by molar-refractivity contribution is 5.99. The van der Waals surface area contributed by atoms with Gasteiger partial charge in [-0.1, -0.05) is 6.07 Å². The highest BCUT2D eigenvalue weighted by atomic mass is 16.5. The second-order valence-electron chi connectivity index (χ2n) is 7.20. The molecule has 0 bridgehead atoms. The van der Waals surface area contributed by atoms with Crippen LogP contribution in [0.5, 0.6) is 5.75 Å². The van der Waals surface area contributed by atoms with Gasteiger partial charge in [-0.2, -0.15) is 0 Å². The van der Waals surface area contributed by atoms with Gasteiger partial charge in [0.25, 0.3) is 5.91 Å². The lowest BCUT2D eigenvalue weighted by Crippen LogP contribution is -2.38. The zero-order chi connectivity index (χ0) is 21.5. The Morgan fingerprint density at radius 1 is 1.13 bits per heavy atom. The van der Waals surface area contributed by atoms with Crippen LogP contribution in [0.25, 0.3) is 0 Å². The number of benzene rings is 2. The van der Waals surface area contributed by atoms with Crippen molar-refractivity contribution in [1.29, 1.82) is 0 Å². The normalized spacial score (nSPS) is 13.6. The Kier molecular flexibility index (Phi) is 7.30. The number of amides is 2. The van der Waals surface area contributed by atoms with E-state index < -0.39 is 0 Å². The molecule has 3 rings (SSSR count). The Morgan fingerprint density at radius 2 is 1.83 bits per heavy atom. The summed E-state index contributed by atoms with van der Waals surface area (Å²) in [7, 11) is 1.58. The molecule has 0 spiro atoms. The highest BCUT2D eigenvalue weighted by Gasteiger charge is 2.19. The average molecular weight is 412 g/mol. The molecule has 1 saturated heterocycles. The zero-order valence-electron chi connectivity index (χ0n) is 17.8. The lowest BCUT2D eigenvalue weighted by Gasteiger charge is -2.29. The summed E-state index contributed by atoms with van der Waals surface area (Å²) >= 11 is 0. The van der Waals surface area contributed by atoms with E-state index in [1.165, 1.54) is 4.90 Å². The molecule has 1 fully saturated rings. The first-order chi connectivity index (χ1) is 14.5. The number of nitrogens with one attached hydrogen (secondary N) is 1. The number of carbonyl (C=O) groups excluding carboxylic acids is 2. The van der Waals surface area contributed by atoms with Crippen LogP contribution in [0.4, 0.5) is 11.4 Å². The van der Waals surface area contributed by atoms with Crippen molar-refractivity contribution in [1.82, 2.24) is 4.90 Å². The summed E-state index contributed by atoms with van der Waals surface area (Å²) in [6.45, 7) is 7.37. The third-order valence-corrected chi connectivity index (χ3v) is 5.19. The Hall–Kier alpha value is -3.06. The van der Waals surface area contributed by atoms with Gasteiger partial charge in [-0.25, -0.2) is 0 Å². The molecular formula is C23H29N3O4. The summed E-state index contributed by atoms with van der Waals surface area (Å²) < 4.78 is 10.7. The molecule has 0 aromatic heterocycles. The predicted molar refractivity (Wildman–Crippen MR) is 117 cm³/mol. The molecule has 1 aliphatic heterocycles. The summed E-state index contributed by atoms with van der Waals surface area (Å²) in [6.07, 6.45) is 0. The molecule has 0 radical (unpaired) electrons. The van der Waals surface area contributed by atoms with Gasteiger partial charge in [0.1, 0.15) is 12.3 Å². The van der Waals surface area contributed by atoms with Crippen LogP contribution in [0, 0.1) is 6.92 Å². The molecule has 0 aliphatic carbocycles. The molecule has 0 unspecified atom stereocenters. The number of methoxy groups -OCH3 is 1. The molecule has 1 N–H and O–H groups in total. The van der Waals surface area contributed by atoms with E-state index in [-0.39, 0.29) is 18.4 Å². The van der Waals surface area contributed by atoms with E-state index in [1.54, 1.807) is 19.2 Å². The Morgan fingerprint density at radius 3 is 2.47 bits per heavy atom. The first kappa shape index (κ1) is 21.6. The van der Waals surface area contributed by atoms with Crippen LogP contribution in [0.15, 0.2) is 42.5 Å². The lowest BCUT2D eigenvalue weighted by atomic mass is 10.1. The Balaban J connectivity index is 1.60. The average Bonchev–Trinajstić information content (AvgIpc) is 2.78.